The summed E-state index contributed by atoms with van der Waals surface area (Å²) in [5.41, 5.74) is 2.64. The average molecular weight is 177 g/mol. The van der Waals surface area contributed by atoms with Crippen LogP contribution in [0.4, 0.5) is 5.69 Å². The Kier molecular flexibility index (Phi) is 3.35. The van der Waals surface area contributed by atoms with Crippen molar-refractivity contribution in [3.63, 3.8) is 0 Å². The van der Waals surface area contributed by atoms with Crippen molar-refractivity contribution in [3.05, 3.63) is 29.8 Å². The summed E-state index contributed by atoms with van der Waals surface area (Å²) in [6.45, 7) is 7.73. The number of anilines is 1. The number of rotatable bonds is 3. The van der Waals surface area contributed by atoms with Crippen molar-refractivity contribution in [1.29, 1.82) is 0 Å². The molecular weight excluding hydrogens is 158 g/mol. The van der Waals surface area contributed by atoms with E-state index in [-0.39, 0.29) is 0 Å². The molecule has 0 atom stereocenters. The van der Waals surface area contributed by atoms with Gasteiger partial charge in [0, 0.05) is 19.3 Å². The number of nitrogens with zero attached hydrogens (tertiary/aromatic N) is 1. The van der Waals surface area contributed by atoms with Crippen molar-refractivity contribution in [2.45, 2.75) is 20.8 Å². The van der Waals surface area contributed by atoms with Gasteiger partial charge in [0.2, 0.25) is 0 Å². The fourth-order valence-electron chi connectivity index (χ4n) is 1.52. The molecule has 0 spiro atoms. The van der Waals surface area contributed by atoms with Crippen molar-refractivity contribution in [2.75, 3.05) is 18.5 Å². The van der Waals surface area contributed by atoms with Crippen LogP contribution >= 0.6 is 0 Å². The highest BCUT2D eigenvalue weighted by Crippen LogP contribution is 2.15. The maximum Gasteiger partial charge on any atom is 0.0366 e. The van der Waals surface area contributed by atoms with E-state index in [1.54, 1.807) is 0 Å². The van der Waals surface area contributed by atoms with Gasteiger partial charge in [-0.15, -0.1) is 0 Å². The maximum atomic E-state index is 2.30. The van der Waals surface area contributed by atoms with Crippen molar-refractivity contribution in [1.82, 2.24) is 0 Å². The summed E-state index contributed by atoms with van der Waals surface area (Å²) >= 11 is 0. The second kappa shape index (κ2) is 4.31. The highest BCUT2D eigenvalue weighted by atomic mass is 15.1. The molecule has 0 heterocycles. The SMILES string of the molecule is Cc1cccc(N(C)CC(C)C)c1. The van der Waals surface area contributed by atoms with E-state index in [1.165, 1.54) is 11.3 Å². The van der Waals surface area contributed by atoms with E-state index >= 15 is 0 Å². The van der Waals surface area contributed by atoms with Crippen LogP contribution in [0.15, 0.2) is 24.3 Å². The van der Waals surface area contributed by atoms with Crippen molar-refractivity contribution in [2.24, 2.45) is 5.92 Å². The van der Waals surface area contributed by atoms with Gasteiger partial charge >= 0.3 is 0 Å². The molecule has 1 nitrogen and oxygen atoms in total. The average Bonchev–Trinajstić information content (AvgIpc) is 2.03. The fraction of sp³-hybridized carbons (Fsp3) is 0.500. The van der Waals surface area contributed by atoms with Gasteiger partial charge in [-0.25, -0.2) is 0 Å². The molecule has 1 aromatic carbocycles. The zero-order valence-electron chi connectivity index (χ0n) is 9.04. The van der Waals surface area contributed by atoms with Gasteiger partial charge in [0.25, 0.3) is 0 Å². The summed E-state index contributed by atoms with van der Waals surface area (Å²) < 4.78 is 0. The first-order valence-electron chi connectivity index (χ1n) is 4.87. The largest absolute Gasteiger partial charge is 0.374 e. The summed E-state index contributed by atoms with van der Waals surface area (Å²) in [7, 11) is 2.15. The van der Waals surface area contributed by atoms with Crippen LogP contribution in [0.1, 0.15) is 19.4 Å². The highest BCUT2D eigenvalue weighted by Gasteiger charge is 2.02. The Morgan fingerprint density at radius 1 is 1.31 bits per heavy atom. The summed E-state index contributed by atoms with van der Waals surface area (Å²) in [5.74, 6) is 0.713. The molecule has 0 unspecified atom stereocenters. The third-order valence-corrected chi connectivity index (χ3v) is 2.08. The molecule has 1 rings (SSSR count). The van der Waals surface area contributed by atoms with Crippen LogP contribution in [0.5, 0.6) is 0 Å². The molecule has 1 aromatic rings. The summed E-state index contributed by atoms with van der Waals surface area (Å²) in [6, 6.07) is 8.63. The van der Waals surface area contributed by atoms with E-state index in [9.17, 15) is 0 Å². The summed E-state index contributed by atoms with van der Waals surface area (Å²) in [6.07, 6.45) is 0. The Bertz CT molecular complexity index is 266. The number of aryl methyl sites for hydroxylation is 1. The van der Waals surface area contributed by atoms with Gasteiger partial charge in [-0.3, -0.25) is 0 Å². The third-order valence-electron chi connectivity index (χ3n) is 2.08. The molecule has 0 saturated heterocycles. The highest BCUT2D eigenvalue weighted by molar-refractivity contribution is 5.47. The minimum absolute atomic E-state index is 0.713. The molecular formula is C12H19N. The Labute approximate surface area is 81.4 Å². The molecule has 0 aliphatic heterocycles. The van der Waals surface area contributed by atoms with Gasteiger partial charge in [0.05, 0.1) is 0 Å². The van der Waals surface area contributed by atoms with Gasteiger partial charge in [0.1, 0.15) is 0 Å². The quantitative estimate of drug-likeness (QED) is 0.685. The lowest BCUT2D eigenvalue weighted by Crippen LogP contribution is -2.22. The van der Waals surface area contributed by atoms with Gasteiger partial charge in [-0.1, -0.05) is 26.0 Å². The molecule has 13 heavy (non-hydrogen) atoms. The predicted molar refractivity (Wildman–Crippen MR) is 59.3 cm³/mol. The fourth-order valence-corrected chi connectivity index (χ4v) is 1.52. The van der Waals surface area contributed by atoms with E-state index < -0.39 is 0 Å². The molecule has 0 N–H and O–H groups in total. The van der Waals surface area contributed by atoms with E-state index in [2.05, 4.69) is 57.0 Å². The van der Waals surface area contributed by atoms with E-state index in [4.69, 9.17) is 0 Å². The lowest BCUT2D eigenvalue weighted by Gasteiger charge is -2.21. The first kappa shape index (κ1) is 10.1. The zero-order valence-corrected chi connectivity index (χ0v) is 9.04. The van der Waals surface area contributed by atoms with Crippen molar-refractivity contribution in [3.8, 4) is 0 Å². The summed E-state index contributed by atoms with van der Waals surface area (Å²) in [4.78, 5) is 2.30. The minimum atomic E-state index is 0.713. The van der Waals surface area contributed by atoms with Crippen LogP contribution in [0, 0.1) is 12.8 Å². The van der Waals surface area contributed by atoms with E-state index in [0.717, 1.165) is 6.54 Å². The van der Waals surface area contributed by atoms with Crippen LogP contribution in [0.25, 0.3) is 0 Å². The Balaban J connectivity index is 2.71. The lowest BCUT2D eigenvalue weighted by atomic mass is 10.1. The first-order valence-corrected chi connectivity index (χ1v) is 4.87. The molecule has 0 bridgehead atoms. The van der Waals surface area contributed by atoms with Crippen LogP contribution < -0.4 is 4.90 Å². The Morgan fingerprint density at radius 3 is 2.54 bits per heavy atom. The second-order valence-electron chi connectivity index (χ2n) is 4.11. The number of hydrogen-bond donors (Lipinski definition) is 0. The lowest BCUT2D eigenvalue weighted by molar-refractivity contribution is 0.638. The van der Waals surface area contributed by atoms with Crippen LogP contribution in [0.2, 0.25) is 0 Å². The molecule has 0 aliphatic rings. The number of benzene rings is 1. The molecule has 72 valence electrons. The normalized spacial score (nSPS) is 10.5. The van der Waals surface area contributed by atoms with E-state index in [1.807, 2.05) is 0 Å². The van der Waals surface area contributed by atoms with Gasteiger partial charge in [-0.2, -0.15) is 0 Å². The Hall–Kier alpha value is -0.980. The monoisotopic (exact) mass is 177 g/mol. The predicted octanol–water partition coefficient (Wildman–Crippen LogP) is 3.09. The third kappa shape index (κ3) is 3.10. The second-order valence-corrected chi connectivity index (χ2v) is 4.11. The first-order chi connectivity index (χ1) is 6.09. The smallest absolute Gasteiger partial charge is 0.0366 e. The molecule has 0 saturated carbocycles. The molecule has 0 aliphatic carbocycles. The number of hydrogen-bond acceptors (Lipinski definition) is 1. The van der Waals surface area contributed by atoms with Gasteiger partial charge < -0.3 is 4.90 Å². The topological polar surface area (TPSA) is 3.24 Å². The molecule has 0 amide bonds. The molecule has 0 fully saturated rings. The standard InChI is InChI=1S/C12H19N/c1-10(2)9-13(4)12-7-5-6-11(3)8-12/h5-8,10H,9H2,1-4H3. The molecule has 0 aromatic heterocycles. The van der Waals surface area contributed by atoms with E-state index in [0.29, 0.717) is 5.92 Å². The summed E-state index contributed by atoms with van der Waals surface area (Å²) in [5, 5.41) is 0. The minimum Gasteiger partial charge on any atom is -0.374 e. The molecule has 1 heteroatoms. The Morgan fingerprint density at radius 2 is 2.00 bits per heavy atom. The maximum absolute atomic E-state index is 2.30. The van der Waals surface area contributed by atoms with Gasteiger partial charge in [0.15, 0.2) is 0 Å². The molecule has 0 radical (unpaired) electrons. The van der Waals surface area contributed by atoms with Crippen molar-refractivity contribution < 1.29 is 0 Å². The zero-order chi connectivity index (χ0) is 9.84. The van der Waals surface area contributed by atoms with Crippen LogP contribution in [-0.4, -0.2) is 13.6 Å². The van der Waals surface area contributed by atoms with Crippen molar-refractivity contribution >= 4 is 5.69 Å². The van der Waals surface area contributed by atoms with Crippen LogP contribution in [0.3, 0.4) is 0 Å². The van der Waals surface area contributed by atoms with Gasteiger partial charge in [-0.05, 0) is 30.5 Å². The van der Waals surface area contributed by atoms with Crippen LogP contribution in [-0.2, 0) is 0 Å².